The number of nitrogens with zero attached hydrogens (tertiary/aromatic N) is 3. The van der Waals surface area contributed by atoms with E-state index in [4.69, 9.17) is 0 Å². The van der Waals surface area contributed by atoms with Crippen LogP contribution < -0.4 is 10.6 Å². The van der Waals surface area contributed by atoms with Gasteiger partial charge >= 0.3 is 6.03 Å². The number of hydrogen-bond donors (Lipinski definition) is 2. The molecule has 3 rings (SSSR count). The Morgan fingerprint density at radius 1 is 1.42 bits per heavy atom. The first-order valence-electron chi connectivity index (χ1n) is 8.72. The Labute approximate surface area is 151 Å². The van der Waals surface area contributed by atoms with Crippen LogP contribution >= 0.6 is 0 Å². The van der Waals surface area contributed by atoms with Crippen LogP contribution in [0.3, 0.4) is 0 Å². The average Bonchev–Trinajstić information content (AvgIpc) is 2.64. The second-order valence-electron chi connectivity index (χ2n) is 6.71. The summed E-state index contributed by atoms with van der Waals surface area (Å²) in [5, 5.41) is 15.9. The number of rotatable bonds is 4. The second-order valence-corrected chi connectivity index (χ2v) is 6.71. The number of halogens is 1. The van der Waals surface area contributed by atoms with Gasteiger partial charge in [-0.2, -0.15) is 5.26 Å². The molecule has 1 aromatic carbocycles. The number of hydrogen-bond acceptors (Lipinski definition) is 5. The molecular formula is C18H22FN5O2. The Balaban J connectivity index is 1.84. The van der Waals surface area contributed by atoms with E-state index in [9.17, 15) is 19.2 Å². The molecule has 0 saturated carbocycles. The minimum absolute atomic E-state index is 0.0644. The Morgan fingerprint density at radius 3 is 2.92 bits per heavy atom. The number of nitriles is 1. The van der Waals surface area contributed by atoms with Crippen LogP contribution in [-0.4, -0.2) is 54.1 Å². The molecule has 0 aliphatic carbocycles. The molecule has 8 heteroatoms. The molecule has 2 aliphatic heterocycles. The summed E-state index contributed by atoms with van der Waals surface area (Å²) < 4.78 is 13.6. The van der Waals surface area contributed by atoms with Crippen molar-refractivity contribution in [3.05, 3.63) is 35.1 Å². The monoisotopic (exact) mass is 359 g/mol. The normalized spacial score (nSPS) is 23.9. The Morgan fingerprint density at radius 2 is 2.23 bits per heavy atom. The number of imide groups is 1. The van der Waals surface area contributed by atoms with E-state index in [0.717, 1.165) is 30.8 Å². The number of amides is 3. The molecule has 0 radical (unpaired) electrons. The van der Waals surface area contributed by atoms with Gasteiger partial charge in [-0.15, -0.1) is 0 Å². The third-order valence-electron chi connectivity index (χ3n) is 4.90. The molecule has 1 aromatic rings. The fourth-order valence-corrected chi connectivity index (χ4v) is 3.42. The molecule has 2 N–H and O–H groups in total. The van der Waals surface area contributed by atoms with Crippen molar-refractivity contribution in [2.45, 2.75) is 38.0 Å². The van der Waals surface area contributed by atoms with Crippen molar-refractivity contribution in [1.82, 2.24) is 20.4 Å². The number of piperidine rings is 1. The molecule has 2 heterocycles. The van der Waals surface area contributed by atoms with E-state index >= 15 is 0 Å². The molecule has 0 bridgehead atoms. The lowest BCUT2D eigenvalue weighted by molar-refractivity contribution is -0.132. The van der Waals surface area contributed by atoms with E-state index in [1.165, 1.54) is 30.1 Å². The van der Waals surface area contributed by atoms with Gasteiger partial charge in [0.05, 0.1) is 30.8 Å². The van der Waals surface area contributed by atoms with Crippen molar-refractivity contribution in [3.63, 3.8) is 0 Å². The predicted molar refractivity (Wildman–Crippen MR) is 92.3 cm³/mol. The highest BCUT2D eigenvalue weighted by molar-refractivity contribution is 5.96. The summed E-state index contributed by atoms with van der Waals surface area (Å²) in [7, 11) is 1.44. The summed E-state index contributed by atoms with van der Waals surface area (Å²) in [5.41, 5.74) is 0.744. The largest absolute Gasteiger partial charge is 0.328 e. The zero-order valence-corrected chi connectivity index (χ0v) is 14.7. The maximum atomic E-state index is 13.6. The number of benzene rings is 1. The van der Waals surface area contributed by atoms with Crippen LogP contribution in [-0.2, 0) is 11.3 Å². The van der Waals surface area contributed by atoms with Gasteiger partial charge in [-0.3, -0.25) is 15.0 Å². The van der Waals surface area contributed by atoms with Gasteiger partial charge in [0.25, 0.3) is 0 Å². The van der Waals surface area contributed by atoms with Crippen LogP contribution in [0.1, 0.15) is 30.4 Å². The van der Waals surface area contributed by atoms with Crippen molar-refractivity contribution in [3.8, 4) is 6.07 Å². The smallest absolute Gasteiger partial charge is 0.315 e. The van der Waals surface area contributed by atoms with Crippen molar-refractivity contribution in [2.24, 2.45) is 0 Å². The van der Waals surface area contributed by atoms with Crippen molar-refractivity contribution in [1.29, 1.82) is 5.26 Å². The highest BCUT2D eigenvalue weighted by atomic mass is 19.1. The zero-order valence-electron chi connectivity index (χ0n) is 14.7. The SMILES string of the molecule is CN1C(=O)CC(N[C@@H]2CCCNC2)N(Cc2cc(F)ccc2C#N)C1=O. The number of carbonyl (C=O) groups excluding carboxylic acids is 2. The summed E-state index contributed by atoms with van der Waals surface area (Å²) in [4.78, 5) is 27.4. The van der Waals surface area contributed by atoms with Crippen LogP contribution in [0.2, 0.25) is 0 Å². The van der Waals surface area contributed by atoms with Gasteiger partial charge < -0.3 is 10.2 Å². The fourth-order valence-electron chi connectivity index (χ4n) is 3.42. The second kappa shape index (κ2) is 7.81. The first-order valence-corrected chi connectivity index (χ1v) is 8.72. The third kappa shape index (κ3) is 3.84. The molecular weight excluding hydrogens is 337 g/mol. The standard InChI is InChI=1S/C18H22FN5O2/c1-23-17(25)8-16(22-15-3-2-6-21-10-15)24(18(23)26)11-13-7-14(19)5-4-12(13)9-20/h4-5,7,15-16,21-22H,2-3,6,8,10-11H2,1H3/t15-,16?/m1/s1. The van der Waals surface area contributed by atoms with Crippen molar-refractivity contribution in [2.75, 3.05) is 20.1 Å². The summed E-state index contributed by atoms with van der Waals surface area (Å²) in [6.07, 6.45) is 1.65. The molecule has 26 heavy (non-hydrogen) atoms. The molecule has 2 aliphatic rings. The molecule has 7 nitrogen and oxygen atoms in total. The first kappa shape index (κ1) is 18.3. The molecule has 2 fully saturated rings. The minimum Gasteiger partial charge on any atom is -0.315 e. The fraction of sp³-hybridized carbons (Fsp3) is 0.500. The van der Waals surface area contributed by atoms with Crippen LogP contribution in [0.4, 0.5) is 9.18 Å². The van der Waals surface area contributed by atoms with Gasteiger partial charge in [-0.25, -0.2) is 9.18 Å². The lowest BCUT2D eigenvalue weighted by Gasteiger charge is -2.41. The quantitative estimate of drug-likeness (QED) is 0.842. The molecule has 0 aromatic heterocycles. The van der Waals surface area contributed by atoms with Gasteiger partial charge in [-0.05, 0) is 43.1 Å². The topological polar surface area (TPSA) is 88.5 Å². The molecule has 1 unspecified atom stereocenters. The molecule has 2 atom stereocenters. The Bertz CT molecular complexity index is 742. The highest BCUT2D eigenvalue weighted by Gasteiger charge is 2.38. The third-order valence-corrected chi connectivity index (χ3v) is 4.90. The average molecular weight is 359 g/mol. The number of urea groups is 1. The van der Waals surface area contributed by atoms with Gasteiger partial charge in [-0.1, -0.05) is 0 Å². The minimum atomic E-state index is -0.481. The molecule has 2 saturated heterocycles. The van der Waals surface area contributed by atoms with E-state index < -0.39 is 18.0 Å². The number of nitrogens with one attached hydrogen (secondary N) is 2. The Kier molecular flexibility index (Phi) is 5.49. The van der Waals surface area contributed by atoms with Gasteiger partial charge in [0.2, 0.25) is 5.91 Å². The maximum Gasteiger partial charge on any atom is 0.328 e. The van der Waals surface area contributed by atoms with E-state index in [0.29, 0.717) is 11.1 Å². The maximum absolute atomic E-state index is 13.6. The predicted octanol–water partition coefficient (Wildman–Crippen LogP) is 1.15. The van der Waals surface area contributed by atoms with E-state index in [-0.39, 0.29) is 24.9 Å². The number of carbonyl (C=O) groups is 2. The van der Waals surface area contributed by atoms with E-state index in [1.54, 1.807) is 0 Å². The zero-order chi connectivity index (χ0) is 18.7. The van der Waals surface area contributed by atoms with Crippen LogP contribution in [0.15, 0.2) is 18.2 Å². The van der Waals surface area contributed by atoms with E-state index in [2.05, 4.69) is 10.6 Å². The van der Waals surface area contributed by atoms with Crippen molar-refractivity contribution < 1.29 is 14.0 Å². The lowest BCUT2D eigenvalue weighted by atomic mass is 10.0. The van der Waals surface area contributed by atoms with Crippen molar-refractivity contribution >= 4 is 11.9 Å². The van der Waals surface area contributed by atoms with Crippen LogP contribution in [0, 0.1) is 17.1 Å². The molecule has 3 amide bonds. The summed E-state index contributed by atoms with van der Waals surface area (Å²) in [6, 6.07) is 5.63. The van der Waals surface area contributed by atoms with Gasteiger partial charge in [0.1, 0.15) is 5.82 Å². The summed E-state index contributed by atoms with van der Waals surface area (Å²) >= 11 is 0. The molecule has 0 spiro atoms. The van der Waals surface area contributed by atoms with Crippen LogP contribution in [0.5, 0.6) is 0 Å². The highest BCUT2D eigenvalue weighted by Crippen LogP contribution is 2.21. The lowest BCUT2D eigenvalue weighted by Crippen LogP contribution is -2.62. The van der Waals surface area contributed by atoms with Crippen LogP contribution in [0.25, 0.3) is 0 Å². The van der Waals surface area contributed by atoms with Gasteiger partial charge in [0, 0.05) is 19.6 Å². The summed E-state index contributed by atoms with van der Waals surface area (Å²) in [5.74, 6) is -0.721. The van der Waals surface area contributed by atoms with Gasteiger partial charge in [0.15, 0.2) is 0 Å². The Hall–Kier alpha value is -2.50. The van der Waals surface area contributed by atoms with E-state index in [1.807, 2.05) is 6.07 Å². The summed E-state index contributed by atoms with van der Waals surface area (Å²) in [6.45, 7) is 1.79. The molecule has 138 valence electrons. The first-order chi connectivity index (χ1) is 12.5.